The molecule has 8 nitrogen and oxygen atoms in total. The average Bonchev–Trinajstić information content (AvgIpc) is 3.16. The van der Waals surface area contributed by atoms with Crippen molar-refractivity contribution in [1.29, 1.82) is 0 Å². The minimum Gasteiger partial charge on any atom is -0.496 e. The van der Waals surface area contributed by atoms with E-state index in [-0.39, 0.29) is 13.3 Å². The van der Waals surface area contributed by atoms with E-state index in [0.717, 1.165) is 5.56 Å². The molecule has 2 N–H and O–H groups in total. The topological polar surface area (TPSA) is 95.1 Å². The molecular formula is C19H20N2O6. The largest absolute Gasteiger partial charge is 0.496 e. The number of amides is 2. The van der Waals surface area contributed by atoms with Gasteiger partial charge >= 0.3 is 11.8 Å². The molecule has 1 aliphatic rings. The summed E-state index contributed by atoms with van der Waals surface area (Å²) in [6.45, 7) is 0.249. The number of nitrogens with one attached hydrogen (secondary N) is 2. The van der Waals surface area contributed by atoms with Gasteiger partial charge in [-0.15, -0.1) is 0 Å². The number of methoxy groups -OCH3 is 2. The van der Waals surface area contributed by atoms with E-state index < -0.39 is 17.9 Å². The molecule has 0 spiro atoms. The highest BCUT2D eigenvalue weighted by atomic mass is 16.7. The van der Waals surface area contributed by atoms with E-state index in [1.807, 2.05) is 18.2 Å². The molecule has 1 heterocycles. The van der Waals surface area contributed by atoms with E-state index in [1.165, 1.54) is 7.11 Å². The first-order valence-electron chi connectivity index (χ1n) is 8.27. The van der Waals surface area contributed by atoms with Crippen LogP contribution in [-0.4, -0.2) is 39.4 Å². The number of para-hydroxylation sites is 1. The molecule has 0 saturated heterocycles. The summed E-state index contributed by atoms with van der Waals surface area (Å²) in [5, 5.41) is 5.09. The summed E-state index contributed by atoms with van der Waals surface area (Å²) in [5.74, 6) is 0.192. The Kier molecular flexibility index (Phi) is 5.77. The summed E-state index contributed by atoms with van der Waals surface area (Å²) in [6.07, 6.45) is -0.455. The molecule has 142 valence electrons. The molecule has 0 aromatic heterocycles. The van der Waals surface area contributed by atoms with Gasteiger partial charge in [0.1, 0.15) is 11.9 Å². The van der Waals surface area contributed by atoms with Crippen LogP contribution in [0.3, 0.4) is 0 Å². The van der Waals surface area contributed by atoms with Crippen LogP contribution in [0.15, 0.2) is 42.5 Å². The molecule has 3 rings (SSSR count). The molecule has 8 heteroatoms. The van der Waals surface area contributed by atoms with Crippen LogP contribution < -0.4 is 24.8 Å². The van der Waals surface area contributed by atoms with Crippen molar-refractivity contribution in [3.8, 4) is 17.2 Å². The van der Waals surface area contributed by atoms with Gasteiger partial charge in [0.2, 0.25) is 6.79 Å². The van der Waals surface area contributed by atoms with Crippen molar-refractivity contribution in [1.82, 2.24) is 5.32 Å². The lowest BCUT2D eigenvalue weighted by atomic mass is 10.1. The van der Waals surface area contributed by atoms with E-state index in [4.69, 9.17) is 18.9 Å². The van der Waals surface area contributed by atoms with Crippen molar-refractivity contribution in [2.75, 3.05) is 32.9 Å². The second-order valence-electron chi connectivity index (χ2n) is 5.70. The standard InChI is InChI=1S/C19H20N2O6/c1-24-14-6-4-3-5-13(14)17(25-2)10-20-18(22)19(23)21-12-7-8-15-16(9-12)27-11-26-15/h3-9,17H,10-11H2,1-2H3,(H,20,22)(H,21,23)/t17-/m1/s1. The summed E-state index contributed by atoms with van der Waals surface area (Å²) in [6, 6.07) is 12.2. The van der Waals surface area contributed by atoms with Gasteiger partial charge in [-0.2, -0.15) is 0 Å². The Hall–Kier alpha value is -3.26. The minimum absolute atomic E-state index is 0.115. The van der Waals surface area contributed by atoms with E-state index in [9.17, 15) is 9.59 Å². The quantitative estimate of drug-likeness (QED) is 0.752. The van der Waals surface area contributed by atoms with E-state index in [0.29, 0.717) is 22.9 Å². The van der Waals surface area contributed by atoms with Crippen molar-refractivity contribution >= 4 is 17.5 Å². The fourth-order valence-electron chi connectivity index (χ4n) is 2.68. The summed E-state index contributed by atoms with van der Waals surface area (Å²) < 4.78 is 21.2. The zero-order chi connectivity index (χ0) is 19.2. The molecule has 2 amide bonds. The molecule has 0 fully saturated rings. The first kappa shape index (κ1) is 18.5. The third-order valence-electron chi connectivity index (χ3n) is 4.06. The number of anilines is 1. The number of fused-ring (bicyclic) bond motifs is 1. The molecule has 0 unspecified atom stereocenters. The number of hydrogen-bond donors (Lipinski definition) is 2. The van der Waals surface area contributed by atoms with E-state index >= 15 is 0 Å². The highest BCUT2D eigenvalue weighted by molar-refractivity contribution is 6.39. The van der Waals surface area contributed by atoms with Crippen LogP contribution in [0.1, 0.15) is 11.7 Å². The van der Waals surface area contributed by atoms with Crippen LogP contribution in [0.5, 0.6) is 17.2 Å². The minimum atomic E-state index is -0.788. The van der Waals surface area contributed by atoms with Gasteiger partial charge in [0.05, 0.1) is 7.11 Å². The molecule has 2 aromatic carbocycles. The lowest BCUT2D eigenvalue weighted by Gasteiger charge is -2.18. The van der Waals surface area contributed by atoms with Crippen LogP contribution in [-0.2, 0) is 14.3 Å². The van der Waals surface area contributed by atoms with Gasteiger partial charge in [0.25, 0.3) is 0 Å². The van der Waals surface area contributed by atoms with Crippen molar-refractivity contribution in [2.24, 2.45) is 0 Å². The van der Waals surface area contributed by atoms with E-state index in [1.54, 1.807) is 31.4 Å². The first-order valence-corrected chi connectivity index (χ1v) is 8.27. The highest BCUT2D eigenvalue weighted by Gasteiger charge is 2.20. The number of rotatable bonds is 6. The number of carbonyl (C=O) groups excluding carboxylic acids is 2. The van der Waals surface area contributed by atoms with Crippen LogP contribution in [0.25, 0.3) is 0 Å². The second-order valence-corrected chi connectivity index (χ2v) is 5.70. The average molecular weight is 372 g/mol. The Morgan fingerprint density at radius 1 is 1.07 bits per heavy atom. The smallest absolute Gasteiger partial charge is 0.313 e. The zero-order valence-electron chi connectivity index (χ0n) is 15.0. The predicted octanol–water partition coefficient (Wildman–Crippen LogP) is 1.87. The summed E-state index contributed by atoms with van der Waals surface area (Å²) in [7, 11) is 3.08. The predicted molar refractivity (Wildman–Crippen MR) is 96.9 cm³/mol. The monoisotopic (exact) mass is 372 g/mol. The van der Waals surface area contributed by atoms with Crippen LogP contribution >= 0.6 is 0 Å². The second kappa shape index (κ2) is 8.41. The van der Waals surface area contributed by atoms with Gasteiger partial charge in [0, 0.05) is 31.0 Å². The van der Waals surface area contributed by atoms with Gasteiger partial charge < -0.3 is 29.6 Å². The van der Waals surface area contributed by atoms with E-state index in [2.05, 4.69) is 10.6 Å². The number of hydrogen-bond acceptors (Lipinski definition) is 6. The van der Waals surface area contributed by atoms with Crippen molar-refractivity contribution in [2.45, 2.75) is 6.10 Å². The van der Waals surface area contributed by atoms with Crippen LogP contribution in [0.4, 0.5) is 5.69 Å². The van der Waals surface area contributed by atoms with Crippen molar-refractivity contribution in [3.63, 3.8) is 0 Å². The Balaban J connectivity index is 1.58. The molecular weight excluding hydrogens is 352 g/mol. The first-order chi connectivity index (χ1) is 13.1. The third kappa shape index (κ3) is 4.29. The molecule has 0 radical (unpaired) electrons. The van der Waals surface area contributed by atoms with Gasteiger partial charge in [-0.05, 0) is 18.2 Å². The number of carbonyl (C=O) groups is 2. The summed E-state index contributed by atoms with van der Waals surface area (Å²) in [4.78, 5) is 24.2. The Bertz CT molecular complexity index is 839. The normalized spacial score (nSPS) is 13.0. The number of ether oxygens (including phenoxy) is 4. The van der Waals surface area contributed by atoms with Crippen molar-refractivity contribution < 1.29 is 28.5 Å². The fraction of sp³-hybridized carbons (Fsp3) is 0.263. The molecule has 1 aliphatic heterocycles. The highest BCUT2D eigenvalue weighted by Crippen LogP contribution is 2.34. The lowest BCUT2D eigenvalue weighted by molar-refractivity contribution is -0.136. The molecule has 2 aromatic rings. The third-order valence-corrected chi connectivity index (χ3v) is 4.06. The lowest BCUT2D eigenvalue weighted by Crippen LogP contribution is -2.38. The van der Waals surface area contributed by atoms with Gasteiger partial charge in [-0.25, -0.2) is 0 Å². The zero-order valence-corrected chi connectivity index (χ0v) is 15.0. The molecule has 0 aliphatic carbocycles. The Morgan fingerprint density at radius 2 is 1.85 bits per heavy atom. The summed E-state index contributed by atoms with van der Waals surface area (Å²) in [5.41, 5.74) is 1.21. The number of benzene rings is 2. The molecule has 1 atom stereocenters. The van der Waals surface area contributed by atoms with Gasteiger partial charge in [-0.1, -0.05) is 18.2 Å². The van der Waals surface area contributed by atoms with Crippen LogP contribution in [0.2, 0.25) is 0 Å². The maximum absolute atomic E-state index is 12.1. The molecule has 27 heavy (non-hydrogen) atoms. The van der Waals surface area contributed by atoms with Crippen molar-refractivity contribution in [3.05, 3.63) is 48.0 Å². The maximum Gasteiger partial charge on any atom is 0.313 e. The van der Waals surface area contributed by atoms with Gasteiger partial charge in [0.15, 0.2) is 11.5 Å². The molecule has 0 bridgehead atoms. The summed E-state index contributed by atoms with van der Waals surface area (Å²) >= 11 is 0. The Labute approximate surface area is 156 Å². The fourth-order valence-corrected chi connectivity index (χ4v) is 2.68. The van der Waals surface area contributed by atoms with Gasteiger partial charge in [-0.3, -0.25) is 9.59 Å². The van der Waals surface area contributed by atoms with Crippen LogP contribution in [0, 0.1) is 0 Å². The molecule has 0 saturated carbocycles. The maximum atomic E-state index is 12.1. The Morgan fingerprint density at radius 3 is 2.63 bits per heavy atom. The SMILES string of the molecule is COc1ccccc1[C@@H](CNC(=O)C(=O)Nc1ccc2c(c1)OCO2)OC.